The second-order valence-electron chi connectivity index (χ2n) is 5.90. The lowest BCUT2D eigenvalue weighted by molar-refractivity contribution is 0.155. The van der Waals surface area contributed by atoms with E-state index in [9.17, 15) is 4.79 Å². The van der Waals surface area contributed by atoms with Gasteiger partial charge >= 0.3 is 6.09 Å². The molecule has 3 aromatic carbocycles. The lowest BCUT2D eigenvalue weighted by atomic mass is 10.2. The average Bonchev–Trinajstić information content (AvgIpc) is 2.70. The van der Waals surface area contributed by atoms with Crippen molar-refractivity contribution >= 4 is 11.8 Å². The van der Waals surface area contributed by atoms with Gasteiger partial charge in [0.25, 0.3) is 0 Å². The number of amides is 1. The molecule has 0 unspecified atom stereocenters. The molecule has 0 atom stereocenters. The van der Waals surface area contributed by atoms with E-state index < -0.39 is 6.09 Å². The zero-order valence-electron chi connectivity index (χ0n) is 14.8. The summed E-state index contributed by atoms with van der Waals surface area (Å²) in [4.78, 5) is 12.0. The molecule has 0 heterocycles. The highest BCUT2D eigenvalue weighted by atomic mass is 16.5. The first-order chi connectivity index (χ1) is 13.1. The molecule has 0 bridgehead atoms. The highest BCUT2D eigenvalue weighted by Gasteiger charge is 2.08. The average molecular weight is 358 g/mol. The summed E-state index contributed by atoms with van der Waals surface area (Å²) >= 11 is 0. The summed E-state index contributed by atoms with van der Waals surface area (Å²) in [7, 11) is 0. The summed E-state index contributed by atoms with van der Waals surface area (Å²) in [5.41, 5.74) is 3.00. The van der Waals surface area contributed by atoms with Crippen LogP contribution in [-0.2, 0) is 11.3 Å². The van der Waals surface area contributed by atoms with Crippen molar-refractivity contribution < 1.29 is 14.3 Å². The van der Waals surface area contributed by atoms with Crippen LogP contribution in [0.1, 0.15) is 16.7 Å². The monoisotopic (exact) mass is 358 g/mol. The second kappa shape index (κ2) is 8.54. The first-order valence-electron chi connectivity index (χ1n) is 8.40. The summed E-state index contributed by atoms with van der Waals surface area (Å²) < 4.78 is 11.0. The van der Waals surface area contributed by atoms with E-state index in [0.717, 1.165) is 11.1 Å². The van der Waals surface area contributed by atoms with Gasteiger partial charge in [0.2, 0.25) is 0 Å². The summed E-state index contributed by atoms with van der Waals surface area (Å²) in [5.74, 6) is 1.27. The van der Waals surface area contributed by atoms with Crippen molar-refractivity contribution in [3.63, 3.8) is 0 Å². The highest BCUT2D eigenvalue weighted by Crippen LogP contribution is 2.26. The van der Waals surface area contributed by atoms with Crippen LogP contribution in [0.15, 0.2) is 72.8 Å². The van der Waals surface area contributed by atoms with Crippen molar-refractivity contribution in [1.82, 2.24) is 0 Å². The van der Waals surface area contributed by atoms with Crippen LogP contribution in [-0.4, -0.2) is 6.09 Å². The minimum absolute atomic E-state index is 0.214. The third-order valence-electron chi connectivity index (χ3n) is 3.87. The number of benzene rings is 3. The first kappa shape index (κ1) is 18.0. The van der Waals surface area contributed by atoms with Crippen LogP contribution in [0.25, 0.3) is 0 Å². The molecule has 3 rings (SSSR count). The molecule has 0 fully saturated rings. The Balaban J connectivity index is 1.58. The van der Waals surface area contributed by atoms with Crippen LogP contribution >= 0.6 is 0 Å². The standard InChI is InChI=1S/C22H18N2O3/c1-16-13-20(27-19-9-7-17(14-23)8-10-19)11-12-21(16)24-22(25)26-15-18-5-3-2-4-6-18/h2-13H,15H2,1H3,(H,24,25). The molecule has 0 saturated heterocycles. The van der Waals surface area contributed by atoms with Crippen molar-refractivity contribution in [3.05, 3.63) is 89.5 Å². The molecule has 3 aromatic rings. The van der Waals surface area contributed by atoms with Crippen LogP contribution < -0.4 is 10.1 Å². The summed E-state index contributed by atoms with van der Waals surface area (Å²) in [6.07, 6.45) is -0.511. The number of carbonyl (C=O) groups is 1. The predicted octanol–water partition coefficient (Wildman–Crippen LogP) is 5.41. The van der Waals surface area contributed by atoms with Gasteiger partial charge in [0.05, 0.1) is 11.6 Å². The number of ether oxygens (including phenoxy) is 2. The van der Waals surface area contributed by atoms with Crippen LogP contribution in [0.4, 0.5) is 10.5 Å². The second-order valence-corrected chi connectivity index (χ2v) is 5.90. The fraction of sp³-hybridized carbons (Fsp3) is 0.0909. The van der Waals surface area contributed by atoms with Gasteiger partial charge in [0.15, 0.2) is 0 Å². The van der Waals surface area contributed by atoms with E-state index in [1.807, 2.05) is 43.3 Å². The largest absolute Gasteiger partial charge is 0.457 e. The van der Waals surface area contributed by atoms with Gasteiger partial charge in [-0.1, -0.05) is 30.3 Å². The molecule has 5 nitrogen and oxygen atoms in total. The normalized spacial score (nSPS) is 9.93. The maximum Gasteiger partial charge on any atom is 0.411 e. The summed E-state index contributed by atoms with van der Waals surface area (Å²) in [6, 6.07) is 23.8. The summed E-state index contributed by atoms with van der Waals surface area (Å²) in [5, 5.41) is 11.6. The maximum atomic E-state index is 12.0. The molecule has 0 saturated carbocycles. The number of nitrogens with zero attached hydrogens (tertiary/aromatic N) is 1. The predicted molar refractivity (Wildman–Crippen MR) is 103 cm³/mol. The molecule has 0 aliphatic heterocycles. The molecule has 5 heteroatoms. The molecular weight excluding hydrogens is 340 g/mol. The topological polar surface area (TPSA) is 71.3 Å². The smallest absolute Gasteiger partial charge is 0.411 e. The zero-order valence-corrected chi connectivity index (χ0v) is 14.8. The highest BCUT2D eigenvalue weighted by molar-refractivity contribution is 5.85. The van der Waals surface area contributed by atoms with E-state index in [0.29, 0.717) is 22.7 Å². The van der Waals surface area contributed by atoms with Crippen molar-refractivity contribution in [1.29, 1.82) is 5.26 Å². The molecule has 27 heavy (non-hydrogen) atoms. The van der Waals surface area contributed by atoms with Crippen LogP contribution in [0.3, 0.4) is 0 Å². The number of nitrogens with one attached hydrogen (secondary N) is 1. The molecule has 0 spiro atoms. The fourth-order valence-corrected chi connectivity index (χ4v) is 2.44. The zero-order chi connectivity index (χ0) is 19.1. The maximum absolute atomic E-state index is 12.0. The Morgan fingerprint density at radius 1 is 1.00 bits per heavy atom. The lowest BCUT2D eigenvalue weighted by Gasteiger charge is -2.12. The van der Waals surface area contributed by atoms with E-state index in [-0.39, 0.29) is 6.61 Å². The van der Waals surface area contributed by atoms with Gasteiger partial charge in [0.1, 0.15) is 18.1 Å². The van der Waals surface area contributed by atoms with Crippen LogP contribution in [0.2, 0.25) is 0 Å². The van der Waals surface area contributed by atoms with Crippen molar-refractivity contribution in [2.45, 2.75) is 13.5 Å². The van der Waals surface area contributed by atoms with Crippen LogP contribution in [0.5, 0.6) is 11.5 Å². The molecule has 1 N–H and O–H groups in total. The SMILES string of the molecule is Cc1cc(Oc2ccc(C#N)cc2)ccc1NC(=O)OCc1ccccc1. The molecule has 0 radical (unpaired) electrons. The van der Waals surface area contributed by atoms with E-state index >= 15 is 0 Å². The lowest BCUT2D eigenvalue weighted by Crippen LogP contribution is -2.14. The molecule has 134 valence electrons. The molecular formula is C22H18N2O3. The van der Waals surface area contributed by atoms with E-state index in [4.69, 9.17) is 14.7 Å². The first-order valence-corrected chi connectivity index (χ1v) is 8.40. The fourth-order valence-electron chi connectivity index (χ4n) is 2.44. The third kappa shape index (κ3) is 5.10. The number of aryl methyl sites for hydroxylation is 1. The van der Waals surface area contributed by atoms with E-state index in [2.05, 4.69) is 11.4 Å². The number of nitriles is 1. The quantitative estimate of drug-likeness (QED) is 0.662. The number of hydrogen-bond acceptors (Lipinski definition) is 4. The molecule has 0 aromatic heterocycles. The number of rotatable bonds is 5. The van der Waals surface area contributed by atoms with Gasteiger partial charge in [-0.3, -0.25) is 5.32 Å². The van der Waals surface area contributed by atoms with Gasteiger partial charge in [-0.2, -0.15) is 5.26 Å². The number of carbonyl (C=O) groups excluding carboxylic acids is 1. The Labute approximate surface area is 157 Å². The van der Waals surface area contributed by atoms with Gasteiger partial charge < -0.3 is 9.47 Å². The van der Waals surface area contributed by atoms with Crippen molar-refractivity contribution in [3.8, 4) is 17.6 Å². The van der Waals surface area contributed by atoms with Gasteiger partial charge in [-0.25, -0.2) is 4.79 Å². The van der Waals surface area contributed by atoms with Crippen LogP contribution in [0, 0.1) is 18.3 Å². The number of anilines is 1. The van der Waals surface area contributed by atoms with Crippen molar-refractivity contribution in [2.75, 3.05) is 5.32 Å². The Morgan fingerprint density at radius 2 is 1.70 bits per heavy atom. The minimum atomic E-state index is -0.511. The minimum Gasteiger partial charge on any atom is -0.457 e. The van der Waals surface area contributed by atoms with Crippen molar-refractivity contribution in [2.24, 2.45) is 0 Å². The molecule has 0 aliphatic carbocycles. The van der Waals surface area contributed by atoms with E-state index in [1.165, 1.54) is 0 Å². The van der Waals surface area contributed by atoms with Gasteiger partial charge in [-0.05, 0) is 60.5 Å². The molecule has 0 aliphatic rings. The third-order valence-corrected chi connectivity index (χ3v) is 3.87. The Morgan fingerprint density at radius 3 is 2.37 bits per heavy atom. The Kier molecular flexibility index (Phi) is 5.70. The van der Waals surface area contributed by atoms with Gasteiger partial charge in [0, 0.05) is 5.69 Å². The number of hydrogen-bond donors (Lipinski definition) is 1. The van der Waals surface area contributed by atoms with E-state index in [1.54, 1.807) is 36.4 Å². The Hall–Kier alpha value is -3.78. The molecule has 1 amide bonds. The summed E-state index contributed by atoms with van der Waals surface area (Å²) in [6.45, 7) is 2.09. The Bertz CT molecular complexity index is 961. The van der Waals surface area contributed by atoms with Gasteiger partial charge in [-0.15, -0.1) is 0 Å².